The monoisotopic (exact) mass is 273 g/mol. The second-order valence-corrected chi connectivity index (χ2v) is 5.22. The van der Waals surface area contributed by atoms with Crippen LogP contribution < -0.4 is 0 Å². The zero-order chi connectivity index (χ0) is 14.3. The molecule has 0 unspecified atom stereocenters. The fourth-order valence-corrected chi connectivity index (χ4v) is 3.07. The molecule has 0 aromatic carbocycles. The van der Waals surface area contributed by atoms with Crippen molar-refractivity contribution in [3.05, 3.63) is 69.8 Å². The van der Waals surface area contributed by atoms with Gasteiger partial charge in [0.1, 0.15) is 0 Å². The number of nitrogens with zero attached hydrogens (tertiary/aromatic N) is 1. The van der Waals surface area contributed by atoms with E-state index in [4.69, 9.17) is 0 Å². The maximum absolute atomic E-state index is 2.25. The summed E-state index contributed by atoms with van der Waals surface area (Å²) in [5, 5.41) is 0. The summed E-state index contributed by atoms with van der Waals surface area (Å²) in [7, 11) is 2.12. The molecule has 0 atom stereocenters. The molecule has 1 nitrogen and oxygen atoms in total. The van der Waals surface area contributed by atoms with E-state index in [1.165, 1.54) is 21.2 Å². The normalized spacial score (nSPS) is 22.1. The molecule has 0 amide bonds. The Morgan fingerprint density at radius 2 is 1.63 bits per heavy atom. The molecule has 0 fully saturated rings. The average Bonchev–Trinajstić information content (AvgIpc) is 2.41. The summed E-state index contributed by atoms with van der Waals surface area (Å²) in [5.41, 5.74) is 2.49. The highest BCUT2D eigenvalue weighted by Crippen LogP contribution is 2.42. The van der Waals surface area contributed by atoms with Crippen LogP contribution in [0.4, 0.5) is 0 Å². The van der Waals surface area contributed by atoms with Gasteiger partial charge >= 0.3 is 0 Å². The van der Waals surface area contributed by atoms with Gasteiger partial charge in [-0.05, 0) is 39.8 Å². The van der Waals surface area contributed by atoms with Crippen LogP contribution in [0.15, 0.2) is 69.8 Å². The molecule has 2 heteroatoms. The molecular weight excluding hydrogens is 250 g/mol. The SMILES string of the molecule is C\C=C/C=C1\C(=C/C)SC(/C=C\C)=C(/C=C\C)N1C. The van der Waals surface area contributed by atoms with E-state index < -0.39 is 0 Å². The van der Waals surface area contributed by atoms with Crippen molar-refractivity contribution in [2.24, 2.45) is 0 Å². The van der Waals surface area contributed by atoms with Crippen molar-refractivity contribution in [1.29, 1.82) is 0 Å². The Morgan fingerprint density at radius 3 is 2.16 bits per heavy atom. The zero-order valence-corrected chi connectivity index (χ0v) is 13.3. The molecular formula is C17H23NS. The van der Waals surface area contributed by atoms with Gasteiger partial charge in [-0.1, -0.05) is 48.2 Å². The van der Waals surface area contributed by atoms with E-state index in [0.717, 1.165) is 0 Å². The topological polar surface area (TPSA) is 3.24 Å². The summed E-state index contributed by atoms with van der Waals surface area (Å²) < 4.78 is 0. The van der Waals surface area contributed by atoms with Crippen LogP contribution in [0, 0.1) is 0 Å². The molecule has 0 aromatic heterocycles. The predicted molar refractivity (Wildman–Crippen MR) is 88.7 cm³/mol. The number of hydrogen-bond acceptors (Lipinski definition) is 2. The molecule has 0 N–H and O–H groups in total. The van der Waals surface area contributed by atoms with Gasteiger partial charge in [-0.3, -0.25) is 0 Å². The van der Waals surface area contributed by atoms with Crippen molar-refractivity contribution < 1.29 is 0 Å². The third-order valence-electron chi connectivity index (χ3n) is 2.80. The van der Waals surface area contributed by atoms with Crippen molar-refractivity contribution in [2.45, 2.75) is 27.7 Å². The predicted octanol–water partition coefficient (Wildman–Crippen LogP) is 5.39. The lowest BCUT2D eigenvalue weighted by atomic mass is 10.2. The Morgan fingerprint density at radius 1 is 0.947 bits per heavy atom. The van der Waals surface area contributed by atoms with E-state index in [0.29, 0.717) is 0 Å². The van der Waals surface area contributed by atoms with Crippen LogP contribution in [0.5, 0.6) is 0 Å². The van der Waals surface area contributed by atoms with Gasteiger partial charge < -0.3 is 4.90 Å². The molecule has 0 radical (unpaired) electrons. The van der Waals surface area contributed by atoms with Crippen LogP contribution >= 0.6 is 11.8 Å². The molecule has 1 aliphatic rings. The minimum absolute atomic E-state index is 1.24. The van der Waals surface area contributed by atoms with Gasteiger partial charge in [-0.2, -0.15) is 0 Å². The van der Waals surface area contributed by atoms with Crippen LogP contribution in [-0.2, 0) is 0 Å². The molecule has 1 aliphatic heterocycles. The maximum Gasteiger partial charge on any atom is 0.0546 e. The summed E-state index contributed by atoms with van der Waals surface area (Å²) in [6.45, 7) is 8.24. The molecule has 0 spiro atoms. The molecule has 0 saturated heterocycles. The third kappa shape index (κ3) is 3.77. The van der Waals surface area contributed by atoms with Crippen LogP contribution in [0.1, 0.15) is 27.7 Å². The first-order chi connectivity index (χ1) is 9.19. The summed E-state index contributed by atoms with van der Waals surface area (Å²) in [6.07, 6.45) is 17.0. The average molecular weight is 273 g/mol. The van der Waals surface area contributed by atoms with Crippen molar-refractivity contribution in [3.63, 3.8) is 0 Å². The minimum atomic E-state index is 1.24. The highest BCUT2D eigenvalue weighted by atomic mass is 32.2. The number of rotatable bonds is 3. The van der Waals surface area contributed by atoms with Crippen LogP contribution in [0.25, 0.3) is 0 Å². The zero-order valence-electron chi connectivity index (χ0n) is 12.5. The van der Waals surface area contributed by atoms with E-state index in [1.54, 1.807) is 0 Å². The van der Waals surface area contributed by atoms with Crippen molar-refractivity contribution in [2.75, 3.05) is 7.05 Å². The van der Waals surface area contributed by atoms with Gasteiger partial charge in [-0.15, -0.1) is 0 Å². The Labute approximate surface area is 121 Å². The number of allylic oxidation sites excluding steroid dienone is 8. The minimum Gasteiger partial charge on any atom is -0.343 e. The van der Waals surface area contributed by atoms with E-state index in [1.807, 2.05) is 18.7 Å². The lowest BCUT2D eigenvalue weighted by Crippen LogP contribution is -2.21. The summed E-state index contributed by atoms with van der Waals surface area (Å²) in [5.74, 6) is 0. The molecule has 0 saturated carbocycles. The molecule has 1 heterocycles. The van der Waals surface area contributed by atoms with E-state index in [9.17, 15) is 0 Å². The number of thioether (sulfide) groups is 1. The van der Waals surface area contributed by atoms with Crippen LogP contribution in [0.2, 0.25) is 0 Å². The fourth-order valence-electron chi connectivity index (χ4n) is 1.89. The number of likely N-dealkylation sites (N-methyl/N-ethyl adjacent to an activating group) is 1. The molecule has 19 heavy (non-hydrogen) atoms. The second kappa shape index (κ2) is 7.90. The first-order valence-corrected chi connectivity index (χ1v) is 7.42. The summed E-state index contributed by atoms with van der Waals surface area (Å²) >= 11 is 1.83. The molecule has 1 rings (SSSR count). The van der Waals surface area contributed by atoms with Gasteiger partial charge in [0.05, 0.1) is 11.4 Å². The smallest absolute Gasteiger partial charge is 0.0546 e. The molecule has 0 aromatic rings. The Balaban J connectivity index is 3.37. The van der Waals surface area contributed by atoms with Crippen LogP contribution in [-0.4, -0.2) is 11.9 Å². The van der Waals surface area contributed by atoms with Crippen molar-refractivity contribution >= 4 is 11.8 Å². The Bertz CT molecular complexity index is 487. The summed E-state index contributed by atoms with van der Waals surface area (Å²) in [6, 6.07) is 0. The Kier molecular flexibility index (Phi) is 6.51. The van der Waals surface area contributed by atoms with Gasteiger partial charge in [-0.25, -0.2) is 0 Å². The maximum atomic E-state index is 2.25. The first kappa shape index (κ1) is 15.6. The highest BCUT2D eigenvalue weighted by Gasteiger charge is 2.22. The van der Waals surface area contributed by atoms with Gasteiger partial charge in [0, 0.05) is 16.9 Å². The van der Waals surface area contributed by atoms with Gasteiger partial charge in [0.25, 0.3) is 0 Å². The molecule has 0 aliphatic carbocycles. The van der Waals surface area contributed by atoms with Crippen molar-refractivity contribution in [1.82, 2.24) is 4.90 Å². The lowest BCUT2D eigenvalue weighted by Gasteiger charge is -2.32. The highest BCUT2D eigenvalue weighted by molar-refractivity contribution is 8.07. The van der Waals surface area contributed by atoms with Crippen LogP contribution in [0.3, 0.4) is 0 Å². The standard InChI is InChI=1S/C17H23NS/c1-6-10-13-15-16(9-4)19-17(12-8-3)14(11-7-2)18(15)5/h6-13H,1-5H3/b10-6-,11-7-,12-8-,15-13+,16-9+. The third-order valence-corrected chi connectivity index (χ3v) is 4.03. The largest absolute Gasteiger partial charge is 0.343 e. The lowest BCUT2D eigenvalue weighted by molar-refractivity contribution is 0.547. The Hall–Kier alpha value is -1.41. The number of hydrogen-bond donors (Lipinski definition) is 0. The van der Waals surface area contributed by atoms with Crippen molar-refractivity contribution in [3.8, 4) is 0 Å². The summed E-state index contributed by atoms with van der Waals surface area (Å²) in [4.78, 5) is 4.83. The van der Waals surface area contributed by atoms with E-state index >= 15 is 0 Å². The first-order valence-electron chi connectivity index (χ1n) is 6.60. The van der Waals surface area contributed by atoms with Gasteiger partial charge in [0.15, 0.2) is 0 Å². The van der Waals surface area contributed by atoms with E-state index in [2.05, 4.69) is 81.3 Å². The fraction of sp³-hybridized carbons (Fsp3) is 0.294. The molecule has 0 bridgehead atoms. The van der Waals surface area contributed by atoms with Gasteiger partial charge in [0.2, 0.25) is 0 Å². The molecule has 102 valence electrons. The van der Waals surface area contributed by atoms with E-state index in [-0.39, 0.29) is 0 Å². The quantitative estimate of drug-likeness (QED) is 0.678. The second-order valence-electron chi connectivity index (χ2n) is 4.14.